The van der Waals surface area contributed by atoms with Gasteiger partial charge in [-0.2, -0.15) is 0 Å². The molecule has 4 aromatic carbocycles. The van der Waals surface area contributed by atoms with Crippen LogP contribution in [0.15, 0.2) is 102 Å². The highest BCUT2D eigenvalue weighted by molar-refractivity contribution is 7.80. The SMILES string of the molecule is CCN(CCNC(c1ccc(Cl)cc1)c1ccc(Cl)cc1)C(=S)NC1N=C(c2ccccc2)c2cc(Cl)ccc2N(C)C1=O. The molecule has 0 saturated carbocycles. The second-order valence-electron chi connectivity index (χ2n) is 10.3. The fourth-order valence-electron chi connectivity index (χ4n) is 5.16. The van der Waals surface area contributed by atoms with E-state index >= 15 is 0 Å². The molecule has 2 N–H and O–H groups in total. The summed E-state index contributed by atoms with van der Waals surface area (Å²) < 4.78 is 0. The Kier molecular flexibility index (Phi) is 10.6. The van der Waals surface area contributed by atoms with Crippen molar-refractivity contribution in [2.24, 2.45) is 4.99 Å². The van der Waals surface area contributed by atoms with Crippen molar-refractivity contribution in [2.45, 2.75) is 19.1 Å². The first-order valence-electron chi connectivity index (χ1n) is 14.3. The van der Waals surface area contributed by atoms with E-state index in [9.17, 15) is 4.79 Å². The van der Waals surface area contributed by atoms with Crippen molar-refractivity contribution in [3.05, 3.63) is 134 Å². The van der Waals surface area contributed by atoms with Crippen molar-refractivity contribution in [2.75, 3.05) is 31.6 Å². The predicted octanol–water partition coefficient (Wildman–Crippen LogP) is 7.36. The van der Waals surface area contributed by atoms with Gasteiger partial charge in [-0.15, -0.1) is 0 Å². The van der Waals surface area contributed by atoms with E-state index in [4.69, 9.17) is 52.0 Å². The summed E-state index contributed by atoms with van der Waals surface area (Å²) in [5.74, 6) is -0.221. The summed E-state index contributed by atoms with van der Waals surface area (Å²) in [6.45, 7) is 3.89. The molecule has 1 heterocycles. The van der Waals surface area contributed by atoms with Gasteiger partial charge in [0.2, 0.25) is 6.17 Å². The lowest BCUT2D eigenvalue weighted by Crippen LogP contribution is -2.51. The number of carbonyl (C=O) groups is 1. The smallest absolute Gasteiger partial charge is 0.272 e. The Hall–Kier alpha value is -3.46. The maximum atomic E-state index is 13.7. The average Bonchev–Trinajstić information content (AvgIpc) is 3.13. The van der Waals surface area contributed by atoms with Crippen LogP contribution in [0.25, 0.3) is 0 Å². The normalized spacial score (nSPS) is 14.6. The summed E-state index contributed by atoms with van der Waals surface area (Å²) in [6.07, 6.45) is -0.924. The number of aliphatic imine (C=N–C) groups is 1. The van der Waals surface area contributed by atoms with E-state index in [2.05, 4.69) is 10.6 Å². The number of benzene rings is 4. The van der Waals surface area contributed by atoms with Gasteiger partial charge in [-0.05, 0) is 72.7 Å². The molecule has 1 aliphatic heterocycles. The number of carbonyl (C=O) groups excluding carboxylic acids is 1. The van der Waals surface area contributed by atoms with Crippen LogP contribution < -0.4 is 15.5 Å². The molecule has 1 atom stereocenters. The van der Waals surface area contributed by atoms with Crippen molar-refractivity contribution < 1.29 is 4.79 Å². The van der Waals surface area contributed by atoms with Crippen molar-refractivity contribution >= 4 is 69.4 Å². The van der Waals surface area contributed by atoms with Gasteiger partial charge in [-0.25, -0.2) is 4.99 Å². The molecule has 4 aromatic rings. The van der Waals surface area contributed by atoms with E-state index in [0.717, 1.165) is 27.9 Å². The lowest BCUT2D eigenvalue weighted by molar-refractivity contribution is -0.119. The molecule has 1 aliphatic rings. The number of nitrogens with zero attached hydrogens (tertiary/aromatic N) is 3. The Morgan fingerprint density at radius 1 is 0.909 bits per heavy atom. The van der Waals surface area contributed by atoms with E-state index < -0.39 is 6.17 Å². The molecule has 226 valence electrons. The number of thiocarbonyl (C=S) groups is 1. The van der Waals surface area contributed by atoms with Crippen molar-refractivity contribution in [3.8, 4) is 0 Å². The number of benzodiazepines with no additional fused rings is 1. The number of nitrogens with one attached hydrogen (secondary N) is 2. The van der Waals surface area contributed by atoms with E-state index in [1.165, 1.54) is 0 Å². The van der Waals surface area contributed by atoms with Gasteiger partial charge in [0.25, 0.3) is 5.91 Å². The van der Waals surface area contributed by atoms with Gasteiger partial charge < -0.3 is 20.4 Å². The molecule has 0 fully saturated rings. The highest BCUT2D eigenvalue weighted by atomic mass is 35.5. The van der Waals surface area contributed by atoms with Crippen LogP contribution in [0.5, 0.6) is 0 Å². The van der Waals surface area contributed by atoms with E-state index in [0.29, 0.717) is 45.5 Å². The second-order valence-corrected chi connectivity index (χ2v) is 12.0. The average molecular weight is 665 g/mol. The Morgan fingerprint density at radius 2 is 1.50 bits per heavy atom. The maximum Gasteiger partial charge on any atom is 0.272 e. The van der Waals surface area contributed by atoms with E-state index in [-0.39, 0.29) is 11.9 Å². The molecule has 0 aromatic heterocycles. The third kappa shape index (κ3) is 7.42. The third-order valence-electron chi connectivity index (χ3n) is 7.51. The molecule has 6 nitrogen and oxygen atoms in total. The Morgan fingerprint density at radius 3 is 2.09 bits per heavy atom. The van der Waals surface area contributed by atoms with Crippen molar-refractivity contribution in [1.29, 1.82) is 0 Å². The lowest BCUT2D eigenvalue weighted by atomic mass is 9.99. The minimum absolute atomic E-state index is 0.0785. The van der Waals surface area contributed by atoms with Gasteiger partial charge in [0.05, 0.1) is 17.4 Å². The zero-order chi connectivity index (χ0) is 31.2. The summed E-state index contributed by atoms with van der Waals surface area (Å²) in [6, 6.07) is 30.7. The molecule has 0 saturated heterocycles. The van der Waals surface area contributed by atoms with E-state index in [1.54, 1.807) is 18.0 Å². The van der Waals surface area contributed by atoms with Crippen molar-refractivity contribution in [1.82, 2.24) is 15.5 Å². The van der Waals surface area contributed by atoms with Gasteiger partial charge in [-0.3, -0.25) is 4.79 Å². The summed E-state index contributed by atoms with van der Waals surface area (Å²) in [5.41, 5.74) is 5.21. The number of amides is 1. The molecular weight excluding hydrogens is 633 g/mol. The first-order valence-corrected chi connectivity index (χ1v) is 15.8. The van der Waals surface area contributed by atoms with Gasteiger partial charge in [0.1, 0.15) is 0 Å². The monoisotopic (exact) mass is 663 g/mol. The maximum absolute atomic E-state index is 13.7. The van der Waals surface area contributed by atoms with Crippen molar-refractivity contribution in [3.63, 3.8) is 0 Å². The summed E-state index contributed by atoms with van der Waals surface area (Å²) >= 11 is 24.6. The van der Waals surface area contributed by atoms with Crippen LogP contribution in [0.1, 0.15) is 35.2 Å². The number of likely N-dealkylation sites (N-methyl/N-ethyl adjacent to an activating group) is 2. The van der Waals surface area contributed by atoms with Crippen LogP contribution in [0, 0.1) is 0 Å². The summed E-state index contributed by atoms with van der Waals surface area (Å²) in [5, 5.41) is 9.26. The van der Waals surface area contributed by atoms with Gasteiger partial charge >= 0.3 is 0 Å². The van der Waals surface area contributed by atoms with Gasteiger partial charge in [-0.1, -0.05) is 89.4 Å². The molecule has 1 unspecified atom stereocenters. The molecule has 0 spiro atoms. The third-order valence-corrected chi connectivity index (χ3v) is 8.63. The number of anilines is 1. The zero-order valence-electron chi connectivity index (χ0n) is 24.3. The van der Waals surface area contributed by atoms with Crippen LogP contribution in [0.3, 0.4) is 0 Å². The number of halogens is 3. The molecule has 10 heteroatoms. The lowest BCUT2D eigenvalue weighted by Gasteiger charge is -2.29. The number of hydrogen-bond donors (Lipinski definition) is 2. The van der Waals surface area contributed by atoms with Crippen LogP contribution in [0.2, 0.25) is 15.1 Å². The number of hydrogen-bond acceptors (Lipinski definition) is 4. The minimum atomic E-state index is -0.924. The largest absolute Gasteiger partial charge is 0.348 e. The molecule has 44 heavy (non-hydrogen) atoms. The van der Waals surface area contributed by atoms with E-state index in [1.807, 2.05) is 103 Å². The Labute approximate surface area is 278 Å². The Bertz CT molecular complexity index is 1600. The molecule has 0 bridgehead atoms. The standard InChI is InChI=1S/C34H32Cl3N5OS/c1-3-42(20-19-38-30(23-9-13-25(35)14-10-23)24-11-15-26(36)16-12-24)34(44)40-32-33(43)41(2)29-18-17-27(37)21-28(29)31(39-32)22-7-5-4-6-8-22/h4-18,21,30,32,38H,3,19-20H2,1-2H3,(H,40,44). The minimum Gasteiger partial charge on any atom is -0.348 e. The zero-order valence-corrected chi connectivity index (χ0v) is 27.4. The fraction of sp³-hybridized carbons (Fsp3) is 0.206. The molecule has 0 radical (unpaired) electrons. The topological polar surface area (TPSA) is 60.0 Å². The highest BCUT2D eigenvalue weighted by Gasteiger charge is 2.31. The van der Waals surface area contributed by atoms with Crippen LogP contribution in [-0.4, -0.2) is 54.5 Å². The van der Waals surface area contributed by atoms with Crippen LogP contribution in [-0.2, 0) is 4.79 Å². The quantitative estimate of drug-likeness (QED) is 0.183. The molecule has 5 rings (SSSR count). The first kappa shape index (κ1) is 31.9. The van der Waals surface area contributed by atoms with Crippen LogP contribution in [0.4, 0.5) is 5.69 Å². The molecule has 1 amide bonds. The predicted molar refractivity (Wildman–Crippen MR) is 186 cm³/mol. The van der Waals surface area contributed by atoms with Gasteiger partial charge in [0, 0.05) is 52.9 Å². The number of rotatable bonds is 9. The molecule has 0 aliphatic carbocycles. The summed E-state index contributed by atoms with van der Waals surface area (Å²) in [7, 11) is 1.74. The summed E-state index contributed by atoms with van der Waals surface area (Å²) in [4.78, 5) is 22.2. The first-order chi connectivity index (χ1) is 21.2. The second kappa shape index (κ2) is 14.5. The fourth-order valence-corrected chi connectivity index (χ4v) is 5.92. The van der Waals surface area contributed by atoms with Crippen LogP contribution >= 0.6 is 47.0 Å². The highest BCUT2D eigenvalue weighted by Crippen LogP contribution is 2.30. The Balaban J connectivity index is 1.34. The molecular formula is C34H32Cl3N5OS. The van der Waals surface area contributed by atoms with Gasteiger partial charge in [0.15, 0.2) is 5.11 Å². The number of fused-ring (bicyclic) bond motifs is 1.